The fourth-order valence-corrected chi connectivity index (χ4v) is 9.92. The Bertz CT molecular complexity index is 1270. The number of benzene rings is 1. The highest BCUT2D eigenvalue weighted by molar-refractivity contribution is 5.94. The second-order valence-corrected chi connectivity index (χ2v) is 14.6. The van der Waals surface area contributed by atoms with Crippen LogP contribution in [-0.4, -0.2) is 61.8 Å². The van der Waals surface area contributed by atoms with Crippen LogP contribution in [0, 0.1) is 34.0 Å². The summed E-state index contributed by atoms with van der Waals surface area (Å²) in [4.78, 5) is 27.8. The van der Waals surface area contributed by atoms with Gasteiger partial charge in [0.2, 0.25) is 0 Å². The Morgan fingerprint density at radius 2 is 1.85 bits per heavy atom. The summed E-state index contributed by atoms with van der Waals surface area (Å²) in [5.41, 5.74) is 3.48. The van der Waals surface area contributed by atoms with Crippen LogP contribution < -0.4 is 5.32 Å². The zero-order valence-electron chi connectivity index (χ0n) is 25.9. The van der Waals surface area contributed by atoms with E-state index in [0.29, 0.717) is 24.0 Å². The first-order chi connectivity index (χ1) is 19.4. The molecule has 1 heterocycles. The van der Waals surface area contributed by atoms with Crippen molar-refractivity contribution < 1.29 is 19.1 Å². The number of hydrogen-bond acceptors (Lipinski definition) is 5. The first kappa shape index (κ1) is 28.7. The molecule has 0 radical (unpaired) electrons. The topological polar surface area (TPSA) is 67.9 Å². The number of esters is 1. The van der Waals surface area contributed by atoms with E-state index in [1.165, 1.54) is 11.1 Å². The zero-order chi connectivity index (χ0) is 29.3. The zero-order valence-corrected chi connectivity index (χ0v) is 25.9. The van der Waals surface area contributed by atoms with Crippen molar-refractivity contribution in [3.63, 3.8) is 0 Å². The van der Waals surface area contributed by atoms with E-state index in [1.807, 2.05) is 30.3 Å². The number of nitrogens with zero attached hydrogens (tertiary/aromatic N) is 1. The lowest BCUT2D eigenvalue weighted by atomic mass is 9.51. The Hall–Kier alpha value is -2.44. The molecule has 0 unspecified atom stereocenters. The molecule has 1 N–H and O–H groups in total. The van der Waals surface area contributed by atoms with E-state index in [-0.39, 0.29) is 58.3 Å². The van der Waals surface area contributed by atoms with Crippen molar-refractivity contribution in [2.45, 2.75) is 91.0 Å². The number of hydrogen-bond donors (Lipinski definition) is 1. The summed E-state index contributed by atoms with van der Waals surface area (Å²) in [6, 6.07) is 9.90. The van der Waals surface area contributed by atoms with E-state index in [0.717, 1.165) is 32.1 Å². The number of fused-ring (bicyclic) bond motifs is 3. The monoisotopic (exact) mass is 560 g/mol. The minimum Gasteiger partial charge on any atom is -0.462 e. The Kier molecular flexibility index (Phi) is 7.05. The largest absolute Gasteiger partial charge is 0.462 e. The highest BCUT2D eigenvalue weighted by Gasteiger charge is 2.67. The molecule has 6 heteroatoms. The molecule has 2 saturated carbocycles. The molecule has 1 aromatic carbocycles. The van der Waals surface area contributed by atoms with E-state index < -0.39 is 0 Å². The van der Waals surface area contributed by atoms with Crippen LogP contribution in [0.3, 0.4) is 0 Å². The quantitative estimate of drug-likeness (QED) is 0.462. The number of amides is 1. The predicted molar refractivity (Wildman–Crippen MR) is 160 cm³/mol. The number of carbonyl (C=O) groups is 2. The van der Waals surface area contributed by atoms with Gasteiger partial charge in [-0.05, 0) is 87.6 Å². The SMILES string of the molecule is CC(=O)O[C@@H]1C[C@@]2(C)[C@@H]3C[C@@H]4OC[C@]5(C)[C@@H](NC(=O)c6ccccc6)CCC(=CC3=CC[C@]2(C)[C@H]1[C@H](C)N(C)C)[C@@H]45. The van der Waals surface area contributed by atoms with E-state index in [1.54, 1.807) is 6.92 Å². The van der Waals surface area contributed by atoms with Crippen LogP contribution in [0.25, 0.3) is 0 Å². The fourth-order valence-electron chi connectivity index (χ4n) is 9.92. The summed E-state index contributed by atoms with van der Waals surface area (Å²) in [5, 5.41) is 3.41. The van der Waals surface area contributed by atoms with Crippen LogP contribution in [0.15, 0.2) is 53.6 Å². The lowest BCUT2D eigenvalue weighted by Crippen LogP contribution is -2.53. The second kappa shape index (κ2) is 10.1. The van der Waals surface area contributed by atoms with Crippen LogP contribution in [0.2, 0.25) is 0 Å². The van der Waals surface area contributed by atoms with Crippen molar-refractivity contribution in [3.05, 3.63) is 59.2 Å². The molecule has 3 fully saturated rings. The number of ether oxygens (including phenoxy) is 2. The molecular weight excluding hydrogens is 512 g/mol. The maximum absolute atomic E-state index is 13.2. The van der Waals surface area contributed by atoms with Crippen LogP contribution in [0.5, 0.6) is 0 Å². The summed E-state index contributed by atoms with van der Waals surface area (Å²) in [7, 11) is 4.28. The van der Waals surface area contributed by atoms with E-state index in [2.05, 4.69) is 64.2 Å². The van der Waals surface area contributed by atoms with Crippen LogP contribution >= 0.6 is 0 Å². The Labute approximate surface area is 245 Å². The lowest BCUT2D eigenvalue weighted by molar-refractivity contribution is -0.150. The minimum absolute atomic E-state index is 0.00417. The molecule has 0 spiro atoms. The van der Waals surface area contributed by atoms with Gasteiger partial charge in [0.1, 0.15) is 6.10 Å². The first-order valence-electron chi connectivity index (χ1n) is 15.6. The summed E-state index contributed by atoms with van der Waals surface area (Å²) in [6.45, 7) is 11.7. The van der Waals surface area contributed by atoms with Gasteiger partial charge in [0, 0.05) is 41.8 Å². The number of nitrogens with one attached hydrogen (secondary N) is 1. The summed E-state index contributed by atoms with van der Waals surface area (Å²) in [5.74, 6) is 0.694. The molecule has 6 rings (SSSR count). The van der Waals surface area contributed by atoms with Crippen molar-refractivity contribution in [3.8, 4) is 0 Å². The predicted octanol–water partition coefficient (Wildman–Crippen LogP) is 5.79. The number of rotatable bonds is 5. The molecule has 222 valence electrons. The molecular formula is C35H48N2O4. The van der Waals surface area contributed by atoms with E-state index >= 15 is 0 Å². The number of allylic oxidation sites excluding steroid dienone is 3. The van der Waals surface area contributed by atoms with Crippen molar-refractivity contribution in [2.75, 3.05) is 20.7 Å². The van der Waals surface area contributed by atoms with Crippen LogP contribution in [0.4, 0.5) is 0 Å². The molecule has 0 aromatic heterocycles. The summed E-state index contributed by atoms with van der Waals surface area (Å²) >= 11 is 0. The van der Waals surface area contributed by atoms with Crippen molar-refractivity contribution in [2.24, 2.45) is 34.0 Å². The third-order valence-corrected chi connectivity index (χ3v) is 12.4. The molecule has 41 heavy (non-hydrogen) atoms. The third kappa shape index (κ3) is 4.34. The van der Waals surface area contributed by atoms with Gasteiger partial charge in [-0.3, -0.25) is 9.59 Å². The average Bonchev–Trinajstić information content (AvgIpc) is 3.30. The normalized spacial score (nSPS) is 41.8. The molecule has 6 nitrogen and oxygen atoms in total. The van der Waals surface area contributed by atoms with Crippen LogP contribution in [-0.2, 0) is 14.3 Å². The van der Waals surface area contributed by atoms with Gasteiger partial charge in [0.05, 0.1) is 12.7 Å². The Morgan fingerprint density at radius 3 is 2.54 bits per heavy atom. The van der Waals surface area contributed by atoms with Gasteiger partial charge in [0.15, 0.2) is 0 Å². The second-order valence-electron chi connectivity index (χ2n) is 14.6. The molecule has 0 bridgehead atoms. The van der Waals surface area contributed by atoms with Gasteiger partial charge in [0.25, 0.3) is 5.91 Å². The van der Waals surface area contributed by atoms with Gasteiger partial charge in [-0.25, -0.2) is 0 Å². The fraction of sp³-hybridized carbons (Fsp3) is 0.657. The average molecular weight is 561 g/mol. The smallest absolute Gasteiger partial charge is 0.302 e. The highest BCUT2D eigenvalue weighted by atomic mass is 16.5. The molecule has 1 amide bonds. The number of carbonyl (C=O) groups excluding carboxylic acids is 2. The lowest BCUT2D eigenvalue weighted by Gasteiger charge is -2.53. The standard InChI is InChI=1S/C35H48N2O4/c1-21(37(6)7)30-28(41-22(2)38)19-35(5)26-18-27-31-25(17-24(26)15-16-34(30,35)4)13-14-29(33(31,3)20-40-27)36-32(39)23-11-9-8-10-12-23/h8-12,15,17,21,26-31H,13-14,16,18-20H2,1-7H3,(H,36,39)/t21-,26+,27-,28+,29-,30-,31-,33+,34+,35-/m0/s1. The molecule has 1 aromatic rings. The van der Waals surface area contributed by atoms with Crippen molar-refractivity contribution in [1.29, 1.82) is 0 Å². The maximum atomic E-state index is 13.2. The first-order valence-corrected chi connectivity index (χ1v) is 15.6. The molecule has 4 aliphatic carbocycles. The third-order valence-electron chi connectivity index (χ3n) is 12.4. The van der Waals surface area contributed by atoms with Gasteiger partial charge < -0.3 is 19.7 Å². The van der Waals surface area contributed by atoms with E-state index in [9.17, 15) is 9.59 Å². The molecule has 1 aliphatic heterocycles. The van der Waals surface area contributed by atoms with Gasteiger partial charge in [-0.2, -0.15) is 0 Å². The highest BCUT2D eigenvalue weighted by Crippen LogP contribution is 2.69. The summed E-state index contributed by atoms with van der Waals surface area (Å²) < 4.78 is 12.9. The Balaban J connectivity index is 1.32. The van der Waals surface area contributed by atoms with Gasteiger partial charge in [-0.15, -0.1) is 0 Å². The minimum atomic E-state index is -0.183. The Morgan fingerprint density at radius 1 is 1.12 bits per heavy atom. The van der Waals surface area contributed by atoms with Crippen LogP contribution in [0.1, 0.15) is 77.1 Å². The van der Waals surface area contributed by atoms with E-state index in [4.69, 9.17) is 9.47 Å². The van der Waals surface area contributed by atoms with Gasteiger partial charge >= 0.3 is 5.97 Å². The summed E-state index contributed by atoms with van der Waals surface area (Å²) in [6.07, 6.45) is 9.79. The van der Waals surface area contributed by atoms with Crippen molar-refractivity contribution in [1.82, 2.24) is 10.2 Å². The van der Waals surface area contributed by atoms with Crippen molar-refractivity contribution >= 4 is 11.9 Å². The molecule has 1 saturated heterocycles. The molecule has 10 atom stereocenters. The maximum Gasteiger partial charge on any atom is 0.302 e. The molecule has 5 aliphatic rings. The van der Waals surface area contributed by atoms with Gasteiger partial charge in [-0.1, -0.05) is 56.7 Å².